The van der Waals surface area contributed by atoms with Crippen molar-refractivity contribution in [3.63, 3.8) is 0 Å². The second-order valence-corrected chi connectivity index (χ2v) is 9.28. The average Bonchev–Trinajstić information content (AvgIpc) is 3.10. The van der Waals surface area contributed by atoms with Gasteiger partial charge in [-0.15, -0.1) is 10.2 Å². The number of nitrogens with zero attached hydrogens (tertiary/aromatic N) is 5. The molecule has 0 unspecified atom stereocenters. The fourth-order valence-corrected chi connectivity index (χ4v) is 4.91. The van der Waals surface area contributed by atoms with Gasteiger partial charge in [0.1, 0.15) is 5.82 Å². The Morgan fingerprint density at radius 3 is 2.60 bits per heavy atom. The minimum atomic E-state index is -4.02. The van der Waals surface area contributed by atoms with Crippen LogP contribution in [0, 0.1) is 5.82 Å². The Bertz CT molecular complexity index is 1250. The van der Waals surface area contributed by atoms with Crippen molar-refractivity contribution < 1.29 is 17.6 Å². The van der Waals surface area contributed by atoms with E-state index < -0.39 is 33.4 Å². The summed E-state index contributed by atoms with van der Waals surface area (Å²) in [5, 5.41) is 11.9. The number of amides is 1. The third-order valence-electron chi connectivity index (χ3n) is 4.66. The van der Waals surface area contributed by atoms with Crippen LogP contribution < -0.4 is 10.6 Å². The summed E-state index contributed by atoms with van der Waals surface area (Å²) >= 11 is 5.92. The molecule has 2 heterocycles. The first-order chi connectivity index (χ1) is 14.2. The fraction of sp³-hybridized carbons (Fsp3) is 0.222. The van der Waals surface area contributed by atoms with Gasteiger partial charge in [-0.3, -0.25) is 4.79 Å². The number of halogens is 2. The Labute approximate surface area is 176 Å². The van der Waals surface area contributed by atoms with Gasteiger partial charge in [0.25, 0.3) is 0 Å². The van der Waals surface area contributed by atoms with Crippen LogP contribution in [-0.2, 0) is 28.2 Å². The molecule has 9 nitrogen and oxygen atoms in total. The number of hydrogen-bond acceptors (Lipinski definition) is 7. The van der Waals surface area contributed by atoms with Gasteiger partial charge in [-0.05, 0) is 35.0 Å². The number of carbonyl (C=O) groups excluding carboxylic acids is 1. The van der Waals surface area contributed by atoms with E-state index in [4.69, 9.17) is 17.3 Å². The van der Waals surface area contributed by atoms with Crippen molar-refractivity contribution in [2.24, 2.45) is 12.8 Å². The number of anilines is 1. The number of tetrazole rings is 1. The molecule has 0 aliphatic carbocycles. The number of sulfone groups is 1. The van der Waals surface area contributed by atoms with Crippen molar-refractivity contribution in [2.45, 2.75) is 17.5 Å². The number of aromatic nitrogens is 4. The lowest BCUT2D eigenvalue weighted by atomic mass is 10.1. The maximum Gasteiger partial charge on any atom is 0.245 e. The highest BCUT2D eigenvalue weighted by Crippen LogP contribution is 2.36. The van der Waals surface area contributed by atoms with Crippen molar-refractivity contribution in [3.05, 3.63) is 52.8 Å². The molecule has 0 bridgehead atoms. The van der Waals surface area contributed by atoms with Crippen LogP contribution >= 0.6 is 11.6 Å². The highest BCUT2D eigenvalue weighted by Gasteiger charge is 2.37. The zero-order valence-corrected chi connectivity index (χ0v) is 17.2. The van der Waals surface area contributed by atoms with E-state index in [-0.39, 0.29) is 28.5 Å². The summed E-state index contributed by atoms with van der Waals surface area (Å²) in [4.78, 5) is 15.0. The first-order valence-electron chi connectivity index (χ1n) is 8.78. The number of fused-ring (bicyclic) bond motifs is 1. The molecule has 0 radical (unpaired) electrons. The van der Waals surface area contributed by atoms with E-state index in [9.17, 15) is 17.6 Å². The van der Waals surface area contributed by atoms with E-state index in [2.05, 4.69) is 15.4 Å². The number of hydrogen-bond donors (Lipinski definition) is 1. The number of benzene rings is 2. The normalized spacial score (nSPS) is 18.2. The van der Waals surface area contributed by atoms with Gasteiger partial charge in [0.2, 0.25) is 11.7 Å². The van der Waals surface area contributed by atoms with Crippen molar-refractivity contribution in [1.29, 1.82) is 0 Å². The summed E-state index contributed by atoms with van der Waals surface area (Å²) in [6, 6.07) is 7.52. The molecule has 1 aromatic heterocycles. The van der Waals surface area contributed by atoms with E-state index in [1.54, 1.807) is 24.3 Å². The molecule has 1 aliphatic heterocycles. The first kappa shape index (κ1) is 20.4. The maximum absolute atomic E-state index is 14.8. The third-order valence-corrected chi connectivity index (χ3v) is 6.71. The van der Waals surface area contributed by atoms with E-state index in [1.807, 2.05) is 0 Å². The molecule has 4 rings (SSSR count). The van der Waals surface area contributed by atoms with E-state index >= 15 is 0 Å². The van der Waals surface area contributed by atoms with Gasteiger partial charge in [-0.25, -0.2) is 12.8 Å². The first-order valence-corrected chi connectivity index (χ1v) is 10.8. The Hall–Kier alpha value is -2.89. The highest BCUT2D eigenvalue weighted by atomic mass is 35.5. The lowest BCUT2D eigenvalue weighted by molar-refractivity contribution is -0.119. The number of aryl methyl sites for hydroxylation is 1. The molecule has 1 amide bonds. The molecule has 0 saturated heterocycles. The molecule has 0 fully saturated rings. The van der Waals surface area contributed by atoms with Crippen molar-refractivity contribution in [2.75, 3.05) is 10.7 Å². The van der Waals surface area contributed by atoms with Gasteiger partial charge >= 0.3 is 0 Å². The van der Waals surface area contributed by atoms with Crippen LogP contribution in [0.15, 0.2) is 41.3 Å². The molecule has 0 saturated carbocycles. The monoisotopic (exact) mass is 450 g/mol. The zero-order chi connectivity index (χ0) is 21.6. The molecule has 1 aliphatic rings. The lowest BCUT2D eigenvalue weighted by Gasteiger charge is -2.24. The van der Waals surface area contributed by atoms with Crippen LogP contribution in [0.25, 0.3) is 11.4 Å². The van der Waals surface area contributed by atoms with Gasteiger partial charge in [0, 0.05) is 5.02 Å². The van der Waals surface area contributed by atoms with Crippen LogP contribution in [0.4, 0.5) is 10.1 Å². The highest BCUT2D eigenvalue weighted by molar-refractivity contribution is 7.91. The van der Waals surface area contributed by atoms with Crippen molar-refractivity contribution in [3.8, 4) is 11.4 Å². The zero-order valence-electron chi connectivity index (χ0n) is 15.7. The maximum atomic E-state index is 14.8. The molecule has 30 heavy (non-hydrogen) atoms. The Morgan fingerprint density at radius 2 is 1.97 bits per heavy atom. The summed E-state index contributed by atoms with van der Waals surface area (Å²) in [6.07, 6.45) is 0. The van der Waals surface area contributed by atoms with Crippen LogP contribution in [0.5, 0.6) is 0 Å². The van der Waals surface area contributed by atoms with Crippen molar-refractivity contribution in [1.82, 2.24) is 20.2 Å². The Balaban J connectivity index is 1.91. The minimum absolute atomic E-state index is 0.00625. The summed E-state index contributed by atoms with van der Waals surface area (Å²) < 4.78 is 40.4. The molecule has 2 aromatic carbocycles. The Morgan fingerprint density at radius 1 is 1.27 bits per heavy atom. The average molecular weight is 451 g/mol. The van der Waals surface area contributed by atoms with Crippen LogP contribution in [0.1, 0.15) is 5.56 Å². The SMILES string of the molecule is Cn1nnc(-c2cc3c(cc2F)S(=O)(=O)C[C@H](N)C(=O)N3Cc2ccc(Cl)cc2)n1. The second-order valence-electron chi connectivity index (χ2n) is 6.84. The van der Waals surface area contributed by atoms with Gasteiger partial charge < -0.3 is 10.6 Å². The molecule has 156 valence electrons. The van der Waals surface area contributed by atoms with Crippen LogP contribution in [0.2, 0.25) is 5.02 Å². The second kappa shape index (κ2) is 7.42. The molecule has 12 heteroatoms. The van der Waals surface area contributed by atoms with Gasteiger partial charge in [0.15, 0.2) is 9.84 Å². The number of carbonyl (C=O) groups is 1. The van der Waals surface area contributed by atoms with Gasteiger partial charge in [0.05, 0.1) is 41.5 Å². The van der Waals surface area contributed by atoms with Gasteiger partial charge in [-0.1, -0.05) is 23.7 Å². The van der Waals surface area contributed by atoms with E-state index in [0.29, 0.717) is 10.6 Å². The quantitative estimate of drug-likeness (QED) is 0.638. The molecule has 3 aromatic rings. The number of nitrogens with two attached hydrogens (primary N) is 1. The van der Waals surface area contributed by atoms with E-state index in [0.717, 1.165) is 10.9 Å². The smallest absolute Gasteiger partial charge is 0.245 e. The topological polar surface area (TPSA) is 124 Å². The van der Waals surface area contributed by atoms with Crippen molar-refractivity contribution >= 4 is 33.0 Å². The predicted octanol–water partition coefficient (Wildman–Crippen LogP) is 1.32. The molecule has 1 atom stereocenters. The summed E-state index contributed by atoms with van der Waals surface area (Å²) in [6.45, 7) is 0.0190. The lowest BCUT2D eigenvalue weighted by Crippen LogP contribution is -2.45. The van der Waals surface area contributed by atoms with E-state index in [1.165, 1.54) is 18.0 Å². The largest absolute Gasteiger partial charge is 0.319 e. The summed E-state index contributed by atoms with van der Waals surface area (Å²) in [5.41, 5.74) is 6.48. The van der Waals surface area contributed by atoms with Crippen LogP contribution in [0.3, 0.4) is 0 Å². The summed E-state index contributed by atoms with van der Waals surface area (Å²) in [7, 11) is -2.51. The standard InChI is InChI=1S/C18H16ClFN6O3S/c1-25-23-17(22-24-25)12-6-15-16(7-13(12)20)30(28,29)9-14(21)18(27)26(15)8-10-2-4-11(19)5-3-10/h2-7,14H,8-9,21H2,1H3/t14-/m0/s1. The number of rotatable bonds is 3. The van der Waals surface area contributed by atoms with Crippen LogP contribution in [-0.4, -0.2) is 46.3 Å². The molecular weight excluding hydrogens is 435 g/mol. The molecule has 0 spiro atoms. The molecular formula is C18H16ClFN6O3S. The summed E-state index contributed by atoms with van der Waals surface area (Å²) in [5.74, 6) is -2.11. The fourth-order valence-electron chi connectivity index (χ4n) is 3.22. The Kier molecular flexibility index (Phi) is 5.04. The predicted molar refractivity (Wildman–Crippen MR) is 107 cm³/mol. The van der Waals surface area contributed by atoms with Gasteiger partial charge in [-0.2, -0.15) is 4.80 Å². The minimum Gasteiger partial charge on any atom is -0.319 e. The molecule has 2 N–H and O–H groups in total. The third kappa shape index (κ3) is 3.66.